The van der Waals surface area contributed by atoms with Gasteiger partial charge in [0.05, 0.1) is 17.7 Å². The molecule has 4 aromatic rings. The van der Waals surface area contributed by atoms with Crippen molar-refractivity contribution in [3.05, 3.63) is 143 Å². The van der Waals surface area contributed by atoms with Crippen LogP contribution >= 0.6 is 12.4 Å². The number of halogens is 7. The summed E-state index contributed by atoms with van der Waals surface area (Å²) in [6, 6.07) is 28.1. The van der Waals surface area contributed by atoms with Crippen molar-refractivity contribution in [3.63, 3.8) is 0 Å². The van der Waals surface area contributed by atoms with Gasteiger partial charge in [-0.25, -0.2) is 4.99 Å². The van der Waals surface area contributed by atoms with E-state index in [1.165, 1.54) is 11.9 Å². The number of guanidine groups is 1. The first kappa shape index (κ1) is 39.9. The van der Waals surface area contributed by atoms with Crippen LogP contribution in [0.2, 0.25) is 0 Å². The Bertz CT molecular complexity index is 1770. The van der Waals surface area contributed by atoms with Gasteiger partial charge < -0.3 is 9.80 Å². The van der Waals surface area contributed by atoms with Gasteiger partial charge in [0.2, 0.25) is 11.9 Å². The van der Waals surface area contributed by atoms with Crippen LogP contribution in [0.25, 0.3) is 0 Å². The van der Waals surface area contributed by atoms with Gasteiger partial charge in [-0.15, -0.1) is 12.4 Å². The zero-order valence-corrected chi connectivity index (χ0v) is 29.0. The Labute approximate surface area is 304 Å². The maximum Gasteiger partial charge on any atom is 0.416 e. The molecule has 52 heavy (non-hydrogen) atoms. The molecule has 4 aromatic carbocycles. The number of hydrogen-bond donors (Lipinski definition) is 1. The van der Waals surface area contributed by atoms with E-state index < -0.39 is 29.5 Å². The summed E-state index contributed by atoms with van der Waals surface area (Å²) in [6.45, 7) is 1.84. The Kier molecular flexibility index (Phi) is 13.5. The number of benzene rings is 4. The number of nitrogens with one attached hydrogen (secondary N) is 1. The van der Waals surface area contributed by atoms with Crippen LogP contribution < -0.4 is 5.32 Å². The lowest BCUT2D eigenvalue weighted by atomic mass is 10.0. The molecule has 276 valence electrons. The molecule has 1 N–H and O–H groups in total. The molecule has 1 heterocycles. The van der Waals surface area contributed by atoms with Crippen LogP contribution in [0.4, 0.5) is 26.3 Å². The molecule has 0 bridgehead atoms. The summed E-state index contributed by atoms with van der Waals surface area (Å²) < 4.78 is 80.6. The summed E-state index contributed by atoms with van der Waals surface area (Å²) in [7, 11) is 1.49. The van der Waals surface area contributed by atoms with Crippen LogP contribution in [0.3, 0.4) is 0 Å². The lowest BCUT2D eigenvalue weighted by Crippen LogP contribution is -2.55. The summed E-state index contributed by atoms with van der Waals surface area (Å²) in [5, 5.41) is 2.95. The largest absolute Gasteiger partial charge is 0.416 e. The normalized spacial score (nSPS) is 14.7. The highest BCUT2D eigenvalue weighted by atomic mass is 35.5. The number of carbonyl (C=O) groups excluding carboxylic acids is 2. The van der Waals surface area contributed by atoms with Crippen molar-refractivity contribution in [1.82, 2.24) is 20.0 Å². The van der Waals surface area contributed by atoms with E-state index in [1.807, 2.05) is 52.3 Å². The number of rotatable bonds is 9. The molecular weight excluding hydrogens is 708 g/mol. The van der Waals surface area contributed by atoms with Crippen molar-refractivity contribution in [2.24, 2.45) is 4.99 Å². The zero-order valence-electron chi connectivity index (χ0n) is 28.2. The predicted molar refractivity (Wildman–Crippen MR) is 189 cm³/mol. The SMILES string of the molecule is CN(CCc1cc(C(F)(F)F)cc(C(F)(F)F)c1)C(=O)[C@H](c1ccccc1)N1CCN(C(=NCc2ccccc2)NC(=O)c2ccccc2)CC1.Cl. The molecule has 1 fully saturated rings. The van der Waals surface area contributed by atoms with Crippen LogP contribution in [-0.4, -0.2) is 72.2 Å². The van der Waals surface area contributed by atoms with E-state index >= 15 is 0 Å². The van der Waals surface area contributed by atoms with Gasteiger partial charge in [0, 0.05) is 45.3 Å². The Morgan fingerprint density at radius 2 is 1.27 bits per heavy atom. The van der Waals surface area contributed by atoms with E-state index in [4.69, 9.17) is 4.99 Å². The van der Waals surface area contributed by atoms with Crippen LogP contribution in [0.15, 0.2) is 114 Å². The fourth-order valence-electron chi connectivity index (χ4n) is 5.85. The van der Waals surface area contributed by atoms with Crippen molar-refractivity contribution in [2.45, 2.75) is 31.4 Å². The van der Waals surface area contributed by atoms with E-state index in [9.17, 15) is 35.9 Å². The fraction of sp³-hybridized carbons (Fsp3) is 0.289. The van der Waals surface area contributed by atoms with Gasteiger partial charge in [-0.05, 0) is 53.4 Å². The monoisotopic (exact) mass is 745 g/mol. The van der Waals surface area contributed by atoms with Crippen molar-refractivity contribution < 1.29 is 35.9 Å². The first-order valence-electron chi connectivity index (χ1n) is 16.3. The van der Waals surface area contributed by atoms with E-state index in [-0.39, 0.29) is 48.8 Å². The van der Waals surface area contributed by atoms with E-state index in [0.717, 1.165) is 5.56 Å². The molecular formula is C38H38ClF6N5O2. The topological polar surface area (TPSA) is 68.2 Å². The van der Waals surface area contributed by atoms with Gasteiger partial charge in [0.1, 0.15) is 6.04 Å². The number of alkyl halides is 6. The summed E-state index contributed by atoms with van der Waals surface area (Å²) in [6.07, 6.45) is -10.1. The second kappa shape index (κ2) is 17.6. The minimum Gasteiger partial charge on any atom is -0.344 e. The maximum atomic E-state index is 14.0. The second-order valence-corrected chi connectivity index (χ2v) is 12.2. The summed E-state index contributed by atoms with van der Waals surface area (Å²) >= 11 is 0. The van der Waals surface area contributed by atoms with Gasteiger partial charge in [-0.2, -0.15) is 26.3 Å². The molecule has 0 saturated carbocycles. The smallest absolute Gasteiger partial charge is 0.344 e. The third-order valence-corrected chi connectivity index (χ3v) is 8.60. The summed E-state index contributed by atoms with van der Waals surface area (Å²) in [4.78, 5) is 37.2. The van der Waals surface area contributed by atoms with Crippen molar-refractivity contribution >= 4 is 30.2 Å². The second-order valence-electron chi connectivity index (χ2n) is 12.2. The molecule has 1 aliphatic rings. The molecule has 0 aromatic heterocycles. The quantitative estimate of drug-likeness (QED) is 0.110. The highest BCUT2D eigenvalue weighted by Gasteiger charge is 2.37. The molecule has 7 nitrogen and oxygen atoms in total. The predicted octanol–water partition coefficient (Wildman–Crippen LogP) is 7.49. The highest BCUT2D eigenvalue weighted by Crippen LogP contribution is 2.36. The third kappa shape index (κ3) is 10.6. The van der Waals surface area contributed by atoms with Gasteiger partial charge in [0.15, 0.2) is 0 Å². The molecule has 1 atom stereocenters. The van der Waals surface area contributed by atoms with E-state index in [2.05, 4.69) is 5.32 Å². The van der Waals surface area contributed by atoms with Crippen molar-refractivity contribution in [2.75, 3.05) is 39.8 Å². The summed E-state index contributed by atoms with van der Waals surface area (Å²) in [5.74, 6) is -0.272. The van der Waals surface area contributed by atoms with E-state index in [0.29, 0.717) is 61.9 Å². The zero-order chi connectivity index (χ0) is 36.6. The lowest BCUT2D eigenvalue weighted by molar-refractivity contribution is -0.143. The minimum absolute atomic E-state index is 0. The van der Waals surface area contributed by atoms with Gasteiger partial charge in [-0.1, -0.05) is 78.9 Å². The van der Waals surface area contributed by atoms with Crippen molar-refractivity contribution in [3.8, 4) is 0 Å². The Morgan fingerprint density at radius 3 is 1.81 bits per heavy atom. The Morgan fingerprint density at radius 1 is 0.750 bits per heavy atom. The molecule has 0 aliphatic carbocycles. The van der Waals surface area contributed by atoms with Crippen LogP contribution in [0.1, 0.15) is 44.2 Å². The van der Waals surface area contributed by atoms with Gasteiger partial charge >= 0.3 is 12.4 Å². The van der Waals surface area contributed by atoms with E-state index in [1.54, 1.807) is 48.5 Å². The van der Waals surface area contributed by atoms with Crippen LogP contribution in [0, 0.1) is 0 Å². The molecule has 2 amide bonds. The van der Waals surface area contributed by atoms with Gasteiger partial charge in [-0.3, -0.25) is 19.8 Å². The first-order chi connectivity index (χ1) is 24.3. The average molecular weight is 746 g/mol. The number of hydrogen-bond acceptors (Lipinski definition) is 4. The molecule has 0 unspecified atom stereocenters. The minimum atomic E-state index is -4.96. The number of piperazine rings is 1. The Balaban J connectivity index is 0.00000605. The molecule has 0 radical (unpaired) electrons. The molecule has 1 saturated heterocycles. The number of nitrogens with zero attached hydrogens (tertiary/aromatic N) is 4. The number of amides is 2. The summed E-state index contributed by atoms with van der Waals surface area (Å²) in [5.41, 5.74) is -0.847. The number of carbonyl (C=O) groups is 2. The lowest BCUT2D eigenvalue weighted by Gasteiger charge is -2.40. The van der Waals surface area contributed by atoms with Crippen molar-refractivity contribution in [1.29, 1.82) is 0 Å². The van der Waals surface area contributed by atoms with Crippen LogP contribution in [-0.2, 0) is 30.1 Å². The van der Waals surface area contributed by atoms with Crippen LogP contribution in [0.5, 0.6) is 0 Å². The molecule has 0 spiro atoms. The maximum absolute atomic E-state index is 14.0. The van der Waals surface area contributed by atoms with Gasteiger partial charge in [0.25, 0.3) is 5.91 Å². The molecule has 1 aliphatic heterocycles. The molecule has 5 rings (SSSR count). The highest BCUT2D eigenvalue weighted by molar-refractivity contribution is 6.05. The molecule has 14 heteroatoms. The fourth-order valence-corrected chi connectivity index (χ4v) is 5.85. The Hall–Kier alpha value is -4.88. The standard InChI is InChI=1S/C38H37F6N5O2.ClH/c1-47(18-17-28-23-31(37(39,40)41)25-32(24-28)38(42,43)44)35(51)33(29-13-7-3-8-14-29)48-19-21-49(22-20-48)36(45-26-27-11-5-2-6-12-27)46-34(50)30-15-9-4-10-16-30;/h2-16,23-25,33H,17-22,26H2,1H3,(H,45,46,50);1H/t33-;/m0./s1. The first-order valence-corrected chi connectivity index (χ1v) is 16.3. The number of aliphatic imine (C=N–C) groups is 1. The third-order valence-electron chi connectivity index (χ3n) is 8.60. The number of likely N-dealkylation sites (N-methyl/N-ethyl adjacent to an activating group) is 1. The average Bonchev–Trinajstić information content (AvgIpc) is 3.13.